The maximum absolute atomic E-state index is 14.4. The first-order chi connectivity index (χ1) is 17.8. The first kappa shape index (κ1) is 26.7. The molecule has 2 aliphatic heterocycles. The molecular weight excluding hydrogens is 449 g/mol. The van der Waals surface area contributed by atoms with Crippen molar-refractivity contribution >= 4 is 5.71 Å². The van der Waals surface area contributed by atoms with E-state index in [0.29, 0.717) is 13.3 Å². The summed E-state index contributed by atoms with van der Waals surface area (Å²) in [5.74, 6) is 1.58. The van der Waals surface area contributed by atoms with E-state index in [9.17, 15) is 4.39 Å². The Kier molecular flexibility index (Phi) is 10.7. The summed E-state index contributed by atoms with van der Waals surface area (Å²) in [6, 6.07) is 11.5. The van der Waals surface area contributed by atoms with Gasteiger partial charge >= 0.3 is 0 Å². The Hall–Kier alpha value is -2.36. The Bertz CT molecular complexity index is 1000. The third-order valence-electron chi connectivity index (χ3n) is 7.78. The summed E-state index contributed by atoms with van der Waals surface area (Å²) < 4.78 is 28.2. The largest absolute Gasteiger partial charge is 0.454 e. The summed E-state index contributed by atoms with van der Waals surface area (Å²) in [5.41, 5.74) is 4.69. The standard InChI is InChI=1S/C32H45FNO2/c1-2-3-4-5-6-7-8-9-10-11-12-13-14-19-30-28-23-32-31(35-25-36-32)22-26(28)20-21-34(30)24-27-17-15-16-18-29(27)33/h15-18,22-23H,2-14,19-21,24-25H2,1H3/q+1. The van der Waals surface area contributed by atoms with E-state index in [2.05, 4.69) is 23.6 Å². The summed E-state index contributed by atoms with van der Waals surface area (Å²) in [6.45, 7) is 4.11. The molecule has 0 unspecified atom stereocenters. The molecular formula is C32H45FNO2+. The first-order valence-electron chi connectivity index (χ1n) is 14.5. The van der Waals surface area contributed by atoms with Crippen LogP contribution >= 0.6 is 0 Å². The minimum Gasteiger partial charge on any atom is -0.454 e. The van der Waals surface area contributed by atoms with Gasteiger partial charge in [-0.3, -0.25) is 0 Å². The number of unbranched alkanes of at least 4 members (excludes halogenated alkanes) is 12. The van der Waals surface area contributed by atoms with Gasteiger partial charge in [-0.1, -0.05) is 96.1 Å². The molecule has 2 aromatic rings. The number of benzene rings is 2. The molecule has 0 radical (unpaired) electrons. The van der Waals surface area contributed by atoms with E-state index in [1.165, 1.54) is 100 Å². The smallest absolute Gasteiger partial charge is 0.231 e. The molecule has 196 valence electrons. The summed E-state index contributed by atoms with van der Waals surface area (Å²) in [5, 5.41) is 0. The molecule has 0 N–H and O–H groups in total. The molecule has 0 spiro atoms. The number of rotatable bonds is 16. The molecule has 0 bridgehead atoms. The van der Waals surface area contributed by atoms with Crippen molar-refractivity contribution in [1.29, 1.82) is 0 Å². The van der Waals surface area contributed by atoms with Crippen molar-refractivity contribution in [3.05, 3.63) is 58.9 Å². The van der Waals surface area contributed by atoms with E-state index in [-0.39, 0.29) is 5.82 Å². The number of ether oxygens (including phenoxy) is 2. The van der Waals surface area contributed by atoms with Gasteiger partial charge in [-0.25, -0.2) is 8.97 Å². The van der Waals surface area contributed by atoms with Gasteiger partial charge in [0.2, 0.25) is 6.79 Å². The Morgan fingerprint density at radius 2 is 1.39 bits per heavy atom. The molecule has 4 heteroatoms. The molecule has 0 aliphatic carbocycles. The summed E-state index contributed by atoms with van der Waals surface area (Å²) >= 11 is 0. The SMILES string of the molecule is CCCCCCCCCCCCCCCC1=[N+](Cc2ccccc2F)CCc2cc3c(cc21)OCO3. The van der Waals surface area contributed by atoms with Crippen molar-refractivity contribution in [2.75, 3.05) is 13.3 Å². The first-order valence-corrected chi connectivity index (χ1v) is 14.5. The monoisotopic (exact) mass is 494 g/mol. The fraction of sp³-hybridized carbons (Fsp3) is 0.594. The molecule has 4 rings (SSSR count). The fourth-order valence-electron chi connectivity index (χ4n) is 5.63. The second-order valence-electron chi connectivity index (χ2n) is 10.6. The van der Waals surface area contributed by atoms with Crippen LogP contribution in [0.15, 0.2) is 36.4 Å². The predicted molar refractivity (Wildman–Crippen MR) is 146 cm³/mol. The zero-order chi connectivity index (χ0) is 25.0. The highest BCUT2D eigenvalue weighted by Gasteiger charge is 2.29. The molecule has 0 amide bonds. The molecule has 2 heterocycles. The van der Waals surface area contributed by atoms with Crippen LogP contribution in [0.5, 0.6) is 11.5 Å². The van der Waals surface area contributed by atoms with Crippen molar-refractivity contribution in [3.8, 4) is 11.5 Å². The van der Waals surface area contributed by atoms with Crippen molar-refractivity contribution in [1.82, 2.24) is 0 Å². The van der Waals surface area contributed by atoms with Gasteiger partial charge in [0.15, 0.2) is 23.8 Å². The average molecular weight is 495 g/mol. The third kappa shape index (κ3) is 7.57. The predicted octanol–water partition coefficient (Wildman–Crippen LogP) is 8.59. The van der Waals surface area contributed by atoms with E-state index in [1.54, 1.807) is 12.1 Å². The van der Waals surface area contributed by atoms with E-state index in [4.69, 9.17) is 9.47 Å². The van der Waals surface area contributed by atoms with Crippen molar-refractivity contribution in [2.24, 2.45) is 0 Å². The number of fused-ring (bicyclic) bond motifs is 2. The van der Waals surface area contributed by atoms with Crippen LogP contribution in [0.4, 0.5) is 4.39 Å². The number of hydrogen-bond donors (Lipinski definition) is 0. The lowest BCUT2D eigenvalue weighted by Gasteiger charge is -2.20. The minimum atomic E-state index is -0.116. The summed E-state index contributed by atoms with van der Waals surface area (Å²) in [6.07, 6.45) is 19.6. The van der Waals surface area contributed by atoms with Gasteiger partial charge in [-0.2, -0.15) is 0 Å². The van der Waals surface area contributed by atoms with E-state index < -0.39 is 0 Å². The van der Waals surface area contributed by atoms with Crippen molar-refractivity contribution < 1.29 is 18.4 Å². The van der Waals surface area contributed by atoms with Crippen molar-refractivity contribution in [2.45, 2.75) is 110 Å². The Morgan fingerprint density at radius 1 is 0.778 bits per heavy atom. The lowest BCUT2D eigenvalue weighted by atomic mass is 9.92. The lowest BCUT2D eigenvalue weighted by molar-refractivity contribution is -0.546. The maximum atomic E-state index is 14.4. The van der Waals surface area contributed by atoms with Crippen LogP contribution in [0, 0.1) is 5.82 Å². The van der Waals surface area contributed by atoms with Crippen LogP contribution < -0.4 is 9.47 Å². The van der Waals surface area contributed by atoms with Gasteiger partial charge in [0.25, 0.3) is 0 Å². The van der Waals surface area contributed by atoms with Gasteiger partial charge in [-0.15, -0.1) is 0 Å². The molecule has 2 aliphatic rings. The van der Waals surface area contributed by atoms with Crippen LogP contribution in [-0.2, 0) is 13.0 Å². The van der Waals surface area contributed by atoms with E-state index in [1.807, 2.05) is 12.1 Å². The second-order valence-corrected chi connectivity index (χ2v) is 10.6. The van der Waals surface area contributed by atoms with Crippen LogP contribution in [-0.4, -0.2) is 23.6 Å². The fourth-order valence-corrected chi connectivity index (χ4v) is 5.63. The lowest BCUT2D eigenvalue weighted by Crippen LogP contribution is -2.30. The highest BCUT2D eigenvalue weighted by Crippen LogP contribution is 2.37. The van der Waals surface area contributed by atoms with Gasteiger partial charge in [0.1, 0.15) is 12.4 Å². The zero-order valence-corrected chi connectivity index (χ0v) is 22.3. The van der Waals surface area contributed by atoms with E-state index in [0.717, 1.165) is 36.4 Å². The summed E-state index contributed by atoms with van der Waals surface area (Å²) in [7, 11) is 0. The quantitative estimate of drug-likeness (QED) is 0.172. The highest BCUT2D eigenvalue weighted by molar-refractivity contribution is 5.99. The van der Waals surface area contributed by atoms with Gasteiger partial charge in [-0.05, 0) is 36.2 Å². The van der Waals surface area contributed by atoms with E-state index >= 15 is 0 Å². The molecule has 2 aromatic carbocycles. The highest BCUT2D eigenvalue weighted by atomic mass is 19.1. The van der Waals surface area contributed by atoms with Gasteiger partial charge < -0.3 is 9.47 Å². The Labute approximate surface area is 217 Å². The average Bonchev–Trinajstić information content (AvgIpc) is 3.35. The normalized spacial score (nSPS) is 14.4. The molecule has 0 saturated carbocycles. The van der Waals surface area contributed by atoms with Crippen LogP contribution in [0.2, 0.25) is 0 Å². The Morgan fingerprint density at radius 3 is 2.06 bits per heavy atom. The van der Waals surface area contributed by atoms with Crippen molar-refractivity contribution in [3.63, 3.8) is 0 Å². The van der Waals surface area contributed by atoms with Crippen LogP contribution in [0.25, 0.3) is 0 Å². The minimum absolute atomic E-state index is 0.116. The van der Waals surface area contributed by atoms with Crippen LogP contribution in [0.3, 0.4) is 0 Å². The van der Waals surface area contributed by atoms with Gasteiger partial charge in [0, 0.05) is 18.4 Å². The molecule has 0 aromatic heterocycles. The van der Waals surface area contributed by atoms with Crippen LogP contribution in [0.1, 0.15) is 114 Å². The number of halogens is 1. The Balaban J connectivity index is 1.28. The number of nitrogens with zero attached hydrogens (tertiary/aromatic N) is 1. The molecule has 3 nitrogen and oxygen atoms in total. The molecule has 0 fully saturated rings. The molecule has 0 atom stereocenters. The molecule has 0 saturated heterocycles. The maximum Gasteiger partial charge on any atom is 0.231 e. The number of hydrogen-bond acceptors (Lipinski definition) is 2. The summed E-state index contributed by atoms with van der Waals surface area (Å²) in [4.78, 5) is 0. The third-order valence-corrected chi connectivity index (χ3v) is 7.78. The molecule has 36 heavy (non-hydrogen) atoms. The zero-order valence-electron chi connectivity index (χ0n) is 22.3. The van der Waals surface area contributed by atoms with Gasteiger partial charge in [0.05, 0.1) is 5.56 Å². The second kappa shape index (κ2) is 14.4. The topological polar surface area (TPSA) is 21.5 Å².